The highest BCUT2D eigenvalue weighted by atomic mass is 32.2. The Bertz CT molecular complexity index is 963. The number of hydrogen-bond donors (Lipinski definition) is 1. The van der Waals surface area contributed by atoms with Crippen LogP contribution in [0.5, 0.6) is 11.5 Å². The molecule has 0 fully saturated rings. The van der Waals surface area contributed by atoms with E-state index in [0.29, 0.717) is 23.6 Å². The van der Waals surface area contributed by atoms with Crippen LogP contribution in [0.25, 0.3) is 0 Å². The maximum atomic E-state index is 12.3. The predicted molar refractivity (Wildman–Crippen MR) is 116 cm³/mol. The van der Waals surface area contributed by atoms with E-state index in [1.165, 1.54) is 9.87 Å². The van der Waals surface area contributed by atoms with E-state index < -0.39 is 10.0 Å². The molecule has 3 rings (SSSR count). The molecule has 1 aliphatic rings. The topological polar surface area (TPSA) is 84.9 Å². The van der Waals surface area contributed by atoms with Gasteiger partial charge in [-0.1, -0.05) is 30.3 Å². The summed E-state index contributed by atoms with van der Waals surface area (Å²) in [5.74, 6) is 1.04. The van der Waals surface area contributed by atoms with Crippen molar-refractivity contribution < 1.29 is 22.7 Å². The van der Waals surface area contributed by atoms with E-state index in [9.17, 15) is 13.2 Å². The molecule has 0 saturated heterocycles. The van der Waals surface area contributed by atoms with Crippen molar-refractivity contribution in [2.75, 3.05) is 23.9 Å². The van der Waals surface area contributed by atoms with Crippen LogP contribution in [0.1, 0.15) is 31.7 Å². The van der Waals surface area contributed by atoms with Crippen LogP contribution in [-0.4, -0.2) is 40.0 Å². The molecule has 0 spiro atoms. The Morgan fingerprint density at radius 3 is 2.60 bits per heavy atom. The molecule has 30 heavy (non-hydrogen) atoms. The molecular weight excluding hydrogens is 404 g/mol. The Labute approximate surface area is 178 Å². The number of carbonyl (C=O) groups excluding carboxylic acids is 1. The van der Waals surface area contributed by atoms with Crippen LogP contribution in [-0.2, 0) is 21.2 Å². The molecule has 1 aliphatic heterocycles. The van der Waals surface area contributed by atoms with Gasteiger partial charge in [-0.2, -0.15) is 0 Å². The van der Waals surface area contributed by atoms with Crippen molar-refractivity contribution in [2.45, 2.75) is 38.6 Å². The van der Waals surface area contributed by atoms with Crippen molar-refractivity contribution in [2.24, 2.45) is 0 Å². The highest BCUT2D eigenvalue weighted by Crippen LogP contribution is 2.36. The zero-order valence-electron chi connectivity index (χ0n) is 17.3. The third kappa shape index (κ3) is 6.13. The Kier molecular flexibility index (Phi) is 7.20. The van der Waals surface area contributed by atoms with E-state index in [2.05, 4.69) is 17.4 Å². The molecule has 0 aromatic heterocycles. The van der Waals surface area contributed by atoms with Crippen LogP contribution in [0.4, 0.5) is 5.69 Å². The largest absolute Gasteiger partial charge is 0.454 e. The van der Waals surface area contributed by atoms with Crippen molar-refractivity contribution in [3.8, 4) is 11.5 Å². The number of aryl methyl sites for hydroxylation is 1. The molecule has 1 amide bonds. The molecule has 8 heteroatoms. The van der Waals surface area contributed by atoms with Gasteiger partial charge in [-0.05, 0) is 43.9 Å². The van der Waals surface area contributed by atoms with Gasteiger partial charge in [0.2, 0.25) is 22.7 Å². The maximum Gasteiger partial charge on any atom is 0.232 e. The van der Waals surface area contributed by atoms with Crippen LogP contribution in [0.15, 0.2) is 48.5 Å². The smallest absolute Gasteiger partial charge is 0.232 e. The zero-order chi connectivity index (χ0) is 21.6. The van der Waals surface area contributed by atoms with Gasteiger partial charge in [-0.25, -0.2) is 8.42 Å². The van der Waals surface area contributed by atoms with Crippen molar-refractivity contribution in [3.05, 3.63) is 54.1 Å². The highest BCUT2D eigenvalue weighted by Gasteiger charge is 2.21. The lowest BCUT2D eigenvalue weighted by Crippen LogP contribution is -2.34. The summed E-state index contributed by atoms with van der Waals surface area (Å²) in [6.45, 7) is 2.32. The van der Waals surface area contributed by atoms with Crippen molar-refractivity contribution in [1.82, 2.24) is 5.32 Å². The van der Waals surface area contributed by atoms with Crippen molar-refractivity contribution in [3.63, 3.8) is 0 Å². The number of amides is 1. The quantitative estimate of drug-likeness (QED) is 0.624. The lowest BCUT2D eigenvalue weighted by atomic mass is 10.1. The number of hydrogen-bond acceptors (Lipinski definition) is 5. The van der Waals surface area contributed by atoms with E-state index in [0.717, 1.165) is 19.1 Å². The molecule has 1 atom stereocenters. The second-order valence-electron chi connectivity index (χ2n) is 7.47. The van der Waals surface area contributed by atoms with Gasteiger partial charge >= 0.3 is 0 Å². The summed E-state index contributed by atoms with van der Waals surface area (Å²) < 4.78 is 36.4. The van der Waals surface area contributed by atoms with Gasteiger partial charge < -0.3 is 14.8 Å². The summed E-state index contributed by atoms with van der Waals surface area (Å²) in [5.41, 5.74) is 1.74. The fourth-order valence-electron chi connectivity index (χ4n) is 3.36. The third-order valence-electron chi connectivity index (χ3n) is 4.93. The molecule has 162 valence electrons. The number of rotatable bonds is 10. The Morgan fingerprint density at radius 1 is 1.13 bits per heavy atom. The fraction of sp³-hybridized carbons (Fsp3) is 0.409. The first-order valence-electron chi connectivity index (χ1n) is 10.0. The minimum atomic E-state index is -3.49. The standard InChI is InChI=1S/C22H28N2O5S/c1-17(10-11-18-7-4-3-5-8-18)23-22(25)9-6-14-24(30(2,26)27)19-12-13-20-21(15-19)29-16-28-20/h3-5,7-8,12-13,15,17H,6,9-11,14,16H2,1-2H3,(H,23,25)/t17-/m0/s1. The highest BCUT2D eigenvalue weighted by molar-refractivity contribution is 7.92. The molecule has 0 unspecified atom stereocenters. The van der Waals surface area contributed by atoms with Gasteiger partial charge in [0.15, 0.2) is 11.5 Å². The first-order valence-corrected chi connectivity index (χ1v) is 11.9. The van der Waals surface area contributed by atoms with Crippen LogP contribution in [0, 0.1) is 0 Å². The van der Waals surface area contributed by atoms with Crippen LogP contribution >= 0.6 is 0 Å². The van der Waals surface area contributed by atoms with E-state index in [4.69, 9.17) is 9.47 Å². The molecule has 2 aromatic rings. The van der Waals surface area contributed by atoms with E-state index in [1.807, 2.05) is 25.1 Å². The summed E-state index contributed by atoms with van der Waals surface area (Å²) >= 11 is 0. The lowest BCUT2D eigenvalue weighted by molar-refractivity contribution is -0.121. The van der Waals surface area contributed by atoms with Crippen LogP contribution < -0.4 is 19.1 Å². The Hall–Kier alpha value is -2.74. The van der Waals surface area contributed by atoms with E-state index in [-0.39, 0.29) is 31.7 Å². The van der Waals surface area contributed by atoms with Crippen molar-refractivity contribution >= 4 is 21.6 Å². The molecular formula is C22H28N2O5S. The number of carbonyl (C=O) groups is 1. The van der Waals surface area contributed by atoms with Gasteiger partial charge in [-0.15, -0.1) is 0 Å². The van der Waals surface area contributed by atoms with Crippen LogP contribution in [0.2, 0.25) is 0 Å². The van der Waals surface area contributed by atoms with Gasteiger partial charge in [0.05, 0.1) is 11.9 Å². The second kappa shape index (κ2) is 9.84. The number of fused-ring (bicyclic) bond motifs is 1. The monoisotopic (exact) mass is 432 g/mol. The fourth-order valence-corrected chi connectivity index (χ4v) is 4.31. The van der Waals surface area contributed by atoms with Gasteiger partial charge in [-0.3, -0.25) is 9.10 Å². The van der Waals surface area contributed by atoms with Gasteiger partial charge in [0, 0.05) is 25.1 Å². The minimum absolute atomic E-state index is 0.0533. The average Bonchev–Trinajstić information content (AvgIpc) is 3.17. The minimum Gasteiger partial charge on any atom is -0.454 e. The second-order valence-corrected chi connectivity index (χ2v) is 9.38. The molecule has 0 radical (unpaired) electrons. The SMILES string of the molecule is C[C@@H](CCc1ccccc1)NC(=O)CCCN(c1ccc2c(c1)OCO2)S(C)(=O)=O. The molecule has 0 saturated carbocycles. The average molecular weight is 433 g/mol. The number of sulfonamides is 1. The Morgan fingerprint density at radius 2 is 1.87 bits per heavy atom. The lowest BCUT2D eigenvalue weighted by Gasteiger charge is -2.22. The van der Waals surface area contributed by atoms with E-state index in [1.54, 1.807) is 18.2 Å². The first kappa shape index (κ1) is 22.0. The molecule has 1 N–H and O–H groups in total. The van der Waals surface area contributed by atoms with Gasteiger partial charge in [0.1, 0.15) is 0 Å². The summed E-state index contributed by atoms with van der Waals surface area (Å²) in [7, 11) is -3.49. The van der Waals surface area contributed by atoms with E-state index >= 15 is 0 Å². The summed E-state index contributed by atoms with van der Waals surface area (Å²) in [4.78, 5) is 12.3. The number of benzene rings is 2. The van der Waals surface area contributed by atoms with Gasteiger partial charge in [0.25, 0.3) is 0 Å². The summed E-state index contributed by atoms with van der Waals surface area (Å²) in [6.07, 6.45) is 3.57. The molecule has 7 nitrogen and oxygen atoms in total. The molecule has 0 bridgehead atoms. The van der Waals surface area contributed by atoms with Crippen LogP contribution in [0.3, 0.4) is 0 Å². The Balaban J connectivity index is 1.48. The number of ether oxygens (including phenoxy) is 2. The molecule has 2 aromatic carbocycles. The maximum absolute atomic E-state index is 12.3. The number of nitrogens with zero attached hydrogens (tertiary/aromatic N) is 1. The predicted octanol–water partition coefficient (Wildman–Crippen LogP) is 3.10. The number of nitrogens with one attached hydrogen (secondary N) is 1. The number of anilines is 1. The third-order valence-corrected chi connectivity index (χ3v) is 6.12. The molecule has 0 aliphatic carbocycles. The molecule has 1 heterocycles. The van der Waals surface area contributed by atoms with Crippen molar-refractivity contribution in [1.29, 1.82) is 0 Å². The zero-order valence-corrected chi connectivity index (χ0v) is 18.2. The summed E-state index contributed by atoms with van der Waals surface area (Å²) in [5, 5.41) is 2.99. The summed E-state index contributed by atoms with van der Waals surface area (Å²) in [6, 6.07) is 15.2. The normalized spacial score (nSPS) is 13.7. The first-order chi connectivity index (χ1) is 14.3.